The van der Waals surface area contributed by atoms with Gasteiger partial charge in [-0.25, -0.2) is 4.79 Å². The summed E-state index contributed by atoms with van der Waals surface area (Å²) in [6.45, 7) is 6.66. The molecule has 1 aliphatic carbocycles. The molecule has 0 aliphatic heterocycles. The van der Waals surface area contributed by atoms with Crippen LogP contribution in [-0.2, 0) is 11.2 Å². The number of rotatable bonds is 7. The molecule has 172 valence electrons. The van der Waals surface area contributed by atoms with Crippen molar-refractivity contribution in [3.8, 4) is 16.9 Å². The third-order valence-electron chi connectivity index (χ3n) is 5.78. The molecule has 0 saturated heterocycles. The highest BCUT2D eigenvalue weighted by Crippen LogP contribution is 2.44. The largest absolute Gasteiger partial charge is 0.488 e. The smallest absolute Gasteiger partial charge is 0.407 e. The minimum Gasteiger partial charge on any atom is -0.488 e. The van der Waals surface area contributed by atoms with Crippen molar-refractivity contribution < 1.29 is 14.3 Å². The lowest BCUT2D eigenvalue weighted by Gasteiger charge is -2.22. The van der Waals surface area contributed by atoms with Crippen LogP contribution >= 0.6 is 0 Å². The Labute approximate surface area is 195 Å². The zero-order chi connectivity index (χ0) is 23.4. The van der Waals surface area contributed by atoms with Crippen LogP contribution in [0.15, 0.2) is 72.8 Å². The van der Waals surface area contributed by atoms with Crippen LogP contribution in [0.5, 0.6) is 5.75 Å². The van der Waals surface area contributed by atoms with Crippen LogP contribution in [0.3, 0.4) is 0 Å². The first-order valence-electron chi connectivity index (χ1n) is 11.4. The molecule has 0 radical (unpaired) electrons. The van der Waals surface area contributed by atoms with E-state index in [1.807, 2.05) is 69.3 Å². The average Bonchev–Trinajstić information content (AvgIpc) is 3.11. The first-order valence-corrected chi connectivity index (χ1v) is 11.4. The van der Waals surface area contributed by atoms with Crippen LogP contribution in [-0.4, -0.2) is 30.9 Å². The van der Waals surface area contributed by atoms with Crippen molar-refractivity contribution in [1.29, 1.82) is 0 Å². The number of amides is 1. The van der Waals surface area contributed by atoms with E-state index < -0.39 is 6.09 Å². The summed E-state index contributed by atoms with van der Waals surface area (Å²) in [5.74, 6) is 0.856. The zero-order valence-electron chi connectivity index (χ0n) is 19.5. The maximum Gasteiger partial charge on any atom is 0.407 e. The molecular weight excluding hydrogens is 412 g/mol. The summed E-state index contributed by atoms with van der Waals surface area (Å²) >= 11 is 0. The number of hydrogen-bond donors (Lipinski definition) is 2. The molecule has 0 unspecified atom stereocenters. The Kier molecular flexibility index (Phi) is 6.70. The Morgan fingerprint density at radius 3 is 2.06 bits per heavy atom. The Morgan fingerprint density at radius 2 is 1.52 bits per heavy atom. The molecule has 0 spiro atoms. The quantitative estimate of drug-likeness (QED) is 0.520. The van der Waals surface area contributed by atoms with Gasteiger partial charge >= 0.3 is 6.09 Å². The highest BCUT2D eigenvalue weighted by Gasteiger charge is 2.29. The normalized spacial score (nSPS) is 13.7. The summed E-state index contributed by atoms with van der Waals surface area (Å²) in [5, 5.41) is 2.92. The van der Waals surface area contributed by atoms with E-state index in [0.717, 1.165) is 11.3 Å². The first-order chi connectivity index (χ1) is 15.8. The highest BCUT2D eigenvalue weighted by molar-refractivity contribution is 5.79. The van der Waals surface area contributed by atoms with Gasteiger partial charge in [-0.1, -0.05) is 60.7 Å². The van der Waals surface area contributed by atoms with E-state index in [1.54, 1.807) is 0 Å². The topological polar surface area (TPSA) is 73.6 Å². The second kappa shape index (κ2) is 9.67. The Hall–Kier alpha value is -3.31. The van der Waals surface area contributed by atoms with Gasteiger partial charge in [0, 0.05) is 18.5 Å². The molecule has 0 bridgehead atoms. The number of hydrogen-bond acceptors (Lipinski definition) is 4. The second-order valence-electron chi connectivity index (χ2n) is 9.47. The number of carbonyl (C=O) groups is 1. The first kappa shape index (κ1) is 22.9. The molecule has 5 heteroatoms. The van der Waals surface area contributed by atoms with E-state index in [0.29, 0.717) is 13.0 Å². The maximum atomic E-state index is 12.6. The lowest BCUT2D eigenvalue weighted by Crippen LogP contribution is -2.42. The summed E-state index contributed by atoms with van der Waals surface area (Å²) in [4.78, 5) is 12.6. The van der Waals surface area contributed by atoms with Gasteiger partial charge in [0.05, 0.1) is 0 Å². The van der Waals surface area contributed by atoms with E-state index in [4.69, 9.17) is 15.2 Å². The van der Waals surface area contributed by atoms with Crippen LogP contribution in [0.1, 0.15) is 43.4 Å². The minimum atomic E-state index is -0.444. The van der Waals surface area contributed by atoms with E-state index in [1.165, 1.54) is 22.3 Å². The fourth-order valence-corrected chi connectivity index (χ4v) is 4.33. The number of alkyl carbamates (subject to hydrolysis) is 1. The zero-order valence-corrected chi connectivity index (χ0v) is 19.5. The molecule has 0 saturated carbocycles. The summed E-state index contributed by atoms with van der Waals surface area (Å²) in [5.41, 5.74) is 11.6. The number of benzene rings is 3. The fraction of sp³-hybridized carbons (Fsp3) is 0.321. The van der Waals surface area contributed by atoms with Gasteiger partial charge in [-0.05, 0) is 67.1 Å². The third kappa shape index (κ3) is 5.55. The summed E-state index contributed by atoms with van der Waals surface area (Å²) < 4.78 is 11.5. The van der Waals surface area contributed by atoms with Gasteiger partial charge in [-0.3, -0.25) is 0 Å². The SMILES string of the molecule is CC(C)(C)Oc1ccc(C[C@@H](CN)NC(=O)OCC2c3ccccc3-c3ccccc32)cc1. The maximum absolute atomic E-state index is 12.6. The Bertz CT molecular complexity index is 1060. The predicted octanol–water partition coefficient (Wildman–Crippen LogP) is 5.27. The average molecular weight is 445 g/mol. The van der Waals surface area contributed by atoms with Crippen molar-refractivity contribution in [3.05, 3.63) is 89.5 Å². The number of nitrogens with two attached hydrogens (primary N) is 1. The van der Waals surface area contributed by atoms with Gasteiger partial charge in [0.25, 0.3) is 0 Å². The Morgan fingerprint density at radius 1 is 0.939 bits per heavy atom. The molecule has 0 heterocycles. The van der Waals surface area contributed by atoms with Gasteiger partial charge in [0.1, 0.15) is 18.0 Å². The molecule has 1 aliphatic rings. The van der Waals surface area contributed by atoms with Crippen molar-refractivity contribution >= 4 is 6.09 Å². The summed E-state index contributed by atoms with van der Waals surface area (Å²) in [6.07, 6.45) is 0.177. The molecule has 3 aromatic rings. The minimum absolute atomic E-state index is 0.0369. The van der Waals surface area contributed by atoms with E-state index >= 15 is 0 Å². The number of nitrogens with one attached hydrogen (secondary N) is 1. The highest BCUT2D eigenvalue weighted by atomic mass is 16.5. The monoisotopic (exact) mass is 444 g/mol. The molecule has 3 aromatic carbocycles. The number of carbonyl (C=O) groups excluding carboxylic acids is 1. The fourth-order valence-electron chi connectivity index (χ4n) is 4.33. The van der Waals surface area contributed by atoms with Crippen LogP contribution in [0, 0.1) is 0 Å². The van der Waals surface area contributed by atoms with Crippen molar-refractivity contribution in [2.45, 2.75) is 44.8 Å². The molecule has 3 N–H and O–H groups in total. The molecule has 0 aromatic heterocycles. The van der Waals surface area contributed by atoms with Gasteiger partial charge in [-0.15, -0.1) is 0 Å². The van der Waals surface area contributed by atoms with Gasteiger partial charge in [-0.2, -0.15) is 0 Å². The molecule has 4 rings (SSSR count). The van der Waals surface area contributed by atoms with Crippen molar-refractivity contribution in [1.82, 2.24) is 5.32 Å². The summed E-state index contributed by atoms with van der Waals surface area (Å²) in [7, 11) is 0. The van der Waals surface area contributed by atoms with Crippen molar-refractivity contribution in [3.63, 3.8) is 0 Å². The second-order valence-corrected chi connectivity index (χ2v) is 9.47. The molecule has 33 heavy (non-hydrogen) atoms. The standard InChI is InChI=1S/C28H32N2O3/c1-28(2,3)33-21-14-12-19(13-15-21)16-20(17-29)30-27(31)32-18-26-24-10-6-4-8-22(24)23-9-5-7-11-25(23)26/h4-15,20,26H,16-18,29H2,1-3H3,(H,30,31)/t20-/m0/s1. The number of fused-ring (bicyclic) bond motifs is 3. The van der Waals surface area contributed by atoms with Crippen molar-refractivity contribution in [2.75, 3.05) is 13.2 Å². The van der Waals surface area contributed by atoms with Gasteiger partial charge in [0.2, 0.25) is 0 Å². The lowest BCUT2D eigenvalue weighted by molar-refractivity contribution is 0.131. The van der Waals surface area contributed by atoms with E-state index in [9.17, 15) is 4.79 Å². The molecule has 1 atom stereocenters. The van der Waals surface area contributed by atoms with Crippen LogP contribution in [0.25, 0.3) is 11.1 Å². The van der Waals surface area contributed by atoms with Crippen LogP contribution < -0.4 is 15.8 Å². The number of ether oxygens (including phenoxy) is 2. The molecule has 1 amide bonds. The van der Waals surface area contributed by atoms with E-state index in [2.05, 4.69) is 29.6 Å². The molecular formula is C28H32N2O3. The van der Waals surface area contributed by atoms with Crippen LogP contribution in [0.4, 0.5) is 4.79 Å². The van der Waals surface area contributed by atoms with Crippen LogP contribution in [0.2, 0.25) is 0 Å². The lowest BCUT2D eigenvalue weighted by atomic mass is 9.98. The predicted molar refractivity (Wildman–Crippen MR) is 132 cm³/mol. The van der Waals surface area contributed by atoms with E-state index in [-0.39, 0.29) is 24.2 Å². The van der Waals surface area contributed by atoms with Gasteiger partial charge in [0.15, 0.2) is 0 Å². The summed E-state index contributed by atoms with van der Waals surface area (Å²) in [6, 6.07) is 24.3. The van der Waals surface area contributed by atoms with Crippen molar-refractivity contribution in [2.24, 2.45) is 5.73 Å². The Balaban J connectivity index is 1.35. The molecule has 0 fully saturated rings. The molecule has 5 nitrogen and oxygen atoms in total. The third-order valence-corrected chi connectivity index (χ3v) is 5.78. The van der Waals surface area contributed by atoms with Gasteiger partial charge < -0.3 is 20.5 Å².